The Hall–Kier alpha value is -1.07. The lowest BCUT2D eigenvalue weighted by atomic mass is 10.0. The molecule has 1 rings (SSSR count). The van der Waals surface area contributed by atoms with Crippen molar-refractivity contribution < 1.29 is 16.8 Å². The molecule has 126 valence electrons. The van der Waals surface area contributed by atoms with Crippen LogP contribution in [-0.2, 0) is 21.0 Å². The van der Waals surface area contributed by atoms with Crippen LogP contribution in [0.4, 0.5) is 0 Å². The number of hydrogen-bond acceptors (Lipinski definition) is 4. The smallest absolute Gasteiger partial charge is 0.361 e. The van der Waals surface area contributed by atoms with Crippen LogP contribution in [0.5, 0.6) is 5.75 Å². The number of para-hydroxylation sites is 1. The fourth-order valence-electron chi connectivity index (χ4n) is 2.34. The first-order valence-corrected chi connectivity index (χ1v) is 9.59. The van der Waals surface area contributed by atoms with Gasteiger partial charge in [0.15, 0.2) is 0 Å². The highest BCUT2D eigenvalue weighted by molar-refractivity contribution is 7.82. The molecule has 0 aromatic heterocycles. The van der Waals surface area contributed by atoms with E-state index in [9.17, 15) is 8.42 Å². The second-order valence-electron chi connectivity index (χ2n) is 5.38. The molecule has 0 N–H and O–H groups in total. The van der Waals surface area contributed by atoms with Crippen LogP contribution in [0, 0.1) is 0 Å². The van der Waals surface area contributed by atoms with E-state index in [1.54, 1.807) is 19.1 Å². The van der Waals surface area contributed by atoms with Crippen LogP contribution in [-0.4, -0.2) is 15.0 Å². The van der Waals surface area contributed by atoms with Gasteiger partial charge in [-0.25, -0.2) is 4.18 Å². The molecule has 0 fully saturated rings. The summed E-state index contributed by atoms with van der Waals surface area (Å²) in [5, 5.41) is 0. The van der Waals surface area contributed by atoms with Crippen molar-refractivity contribution in [3.63, 3.8) is 0 Å². The summed E-state index contributed by atoms with van der Waals surface area (Å²) in [5.41, 5.74) is 0.916. The van der Waals surface area contributed by atoms with Gasteiger partial charge >= 0.3 is 10.4 Å². The zero-order chi connectivity index (χ0) is 16.3. The van der Waals surface area contributed by atoms with E-state index in [4.69, 9.17) is 4.18 Å². The minimum absolute atomic E-state index is 0.0717. The Balaban J connectivity index is 2.44. The average Bonchev–Trinajstić information content (AvgIpc) is 2.47. The van der Waals surface area contributed by atoms with Crippen LogP contribution in [0.3, 0.4) is 0 Å². The largest absolute Gasteiger partial charge is 0.449 e. The van der Waals surface area contributed by atoms with Gasteiger partial charge in [-0.1, -0.05) is 63.6 Å². The first-order chi connectivity index (χ1) is 10.6. The van der Waals surface area contributed by atoms with Gasteiger partial charge in [0.05, 0.1) is 6.61 Å². The second kappa shape index (κ2) is 10.6. The molecule has 0 aliphatic heterocycles. The maximum atomic E-state index is 11.6. The van der Waals surface area contributed by atoms with Gasteiger partial charge in [-0.15, -0.1) is 0 Å². The molecule has 22 heavy (non-hydrogen) atoms. The Morgan fingerprint density at radius 3 is 2.23 bits per heavy atom. The van der Waals surface area contributed by atoms with Gasteiger partial charge in [0.25, 0.3) is 0 Å². The highest BCUT2D eigenvalue weighted by atomic mass is 32.3. The molecule has 1 aromatic carbocycles. The standard InChI is InChI=1S/C17H28O4S/c1-3-5-6-7-8-9-10-13-16-14-11-12-15-17(16)21-22(18,19)20-4-2/h11-12,14-15H,3-10,13H2,1-2H3. The molecule has 0 unspecified atom stereocenters. The van der Waals surface area contributed by atoms with Crippen molar-refractivity contribution in [2.24, 2.45) is 0 Å². The minimum Gasteiger partial charge on any atom is -0.361 e. The highest BCUT2D eigenvalue weighted by Gasteiger charge is 2.14. The lowest BCUT2D eigenvalue weighted by Crippen LogP contribution is -2.14. The maximum Gasteiger partial charge on any atom is 0.449 e. The molecule has 0 bridgehead atoms. The molecule has 0 heterocycles. The molecular weight excluding hydrogens is 300 g/mol. The van der Waals surface area contributed by atoms with Gasteiger partial charge in [0.2, 0.25) is 0 Å². The molecule has 0 atom stereocenters. The third kappa shape index (κ3) is 7.80. The molecule has 0 aliphatic rings. The van der Waals surface area contributed by atoms with Gasteiger partial charge in [0, 0.05) is 0 Å². The van der Waals surface area contributed by atoms with Gasteiger partial charge in [-0.2, -0.15) is 8.42 Å². The lowest BCUT2D eigenvalue weighted by molar-refractivity contribution is 0.287. The van der Waals surface area contributed by atoms with Crippen molar-refractivity contribution in [2.45, 2.75) is 65.2 Å². The highest BCUT2D eigenvalue weighted by Crippen LogP contribution is 2.22. The summed E-state index contributed by atoms with van der Waals surface area (Å²) >= 11 is 0. The van der Waals surface area contributed by atoms with Crippen molar-refractivity contribution in [3.8, 4) is 5.75 Å². The number of aryl methyl sites for hydroxylation is 1. The van der Waals surface area contributed by atoms with Gasteiger partial charge in [-0.3, -0.25) is 0 Å². The van der Waals surface area contributed by atoms with E-state index in [-0.39, 0.29) is 6.61 Å². The molecular formula is C17H28O4S. The van der Waals surface area contributed by atoms with Crippen molar-refractivity contribution in [2.75, 3.05) is 6.61 Å². The average molecular weight is 328 g/mol. The Morgan fingerprint density at radius 1 is 0.909 bits per heavy atom. The summed E-state index contributed by atoms with van der Waals surface area (Å²) < 4.78 is 32.8. The van der Waals surface area contributed by atoms with Crippen LogP contribution >= 0.6 is 0 Å². The summed E-state index contributed by atoms with van der Waals surface area (Å²) in [4.78, 5) is 0. The molecule has 0 saturated heterocycles. The summed E-state index contributed by atoms with van der Waals surface area (Å²) in [6.45, 7) is 3.90. The number of unbranched alkanes of at least 4 members (excludes halogenated alkanes) is 6. The van der Waals surface area contributed by atoms with Crippen molar-refractivity contribution in [1.29, 1.82) is 0 Å². The van der Waals surface area contributed by atoms with E-state index >= 15 is 0 Å². The number of benzene rings is 1. The van der Waals surface area contributed by atoms with Crippen LogP contribution < -0.4 is 4.18 Å². The summed E-state index contributed by atoms with van der Waals surface area (Å²) in [7, 11) is -3.95. The molecule has 0 spiro atoms. The molecule has 0 aliphatic carbocycles. The van der Waals surface area contributed by atoms with Crippen LogP contribution in [0.2, 0.25) is 0 Å². The quantitative estimate of drug-likeness (QED) is 0.525. The maximum absolute atomic E-state index is 11.6. The fourth-order valence-corrected chi connectivity index (χ4v) is 3.06. The predicted molar refractivity (Wildman–Crippen MR) is 89.3 cm³/mol. The second-order valence-corrected chi connectivity index (χ2v) is 6.60. The van der Waals surface area contributed by atoms with E-state index in [2.05, 4.69) is 11.1 Å². The summed E-state index contributed by atoms with van der Waals surface area (Å²) in [6, 6.07) is 7.25. The van der Waals surface area contributed by atoms with E-state index in [0.717, 1.165) is 24.8 Å². The third-order valence-electron chi connectivity index (χ3n) is 3.48. The Kier molecular flexibility index (Phi) is 9.16. The van der Waals surface area contributed by atoms with Crippen molar-refractivity contribution in [1.82, 2.24) is 0 Å². The zero-order valence-electron chi connectivity index (χ0n) is 13.7. The van der Waals surface area contributed by atoms with E-state index in [0.29, 0.717) is 5.75 Å². The SMILES string of the molecule is CCCCCCCCCc1ccccc1OS(=O)(=O)OCC. The molecule has 0 radical (unpaired) electrons. The van der Waals surface area contributed by atoms with E-state index in [1.165, 1.54) is 32.1 Å². The fraction of sp³-hybridized carbons (Fsp3) is 0.647. The Labute approximate surface area is 135 Å². The van der Waals surface area contributed by atoms with E-state index < -0.39 is 10.4 Å². The lowest BCUT2D eigenvalue weighted by Gasteiger charge is -2.10. The molecule has 4 nitrogen and oxygen atoms in total. The minimum atomic E-state index is -3.95. The summed E-state index contributed by atoms with van der Waals surface area (Å²) in [5.74, 6) is 0.377. The van der Waals surface area contributed by atoms with Crippen molar-refractivity contribution >= 4 is 10.4 Å². The monoisotopic (exact) mass is 328 g/mol. The van der Waals surface area contributed by atoms with Crippen LogP contribution in [0.15, 0.2) is 24.3 Å². The molecule has 5 heteroatoms. The number of rotatable bonds is 12. The first kappa shape index (κ1) is 19.0. The predicted octanol–water partition coefficient (Wildman–Crippen LogP) is 4.64. The molecule has 1 aromatic rings. The third-order valence-corrected chi connectivity index (χ3v) is 4.38. The zero-order valence-corrected chi connectivity index (χ0v) is 14.5. The number of hydrogen-bond donors (Lipinski definition) is 0. The summed E-state index contributed by atoms with van der Waals surface area (Å²) in [6.07, 6.45) is 9.43. The van der Waals surface area contributed by atoms with E-state index in [1.807, 2.05) is 12.1 Å². The van der Waals surface area contributed by atoms with Crippen LogP contribution in [0.25, 0.3) is 0 Å². The van der Waals surface area contributed by atoms with Crippen LogP contribution in [0.1, 0.15) is 64.4 Å². The van der Waals surface area contributed by atoms with Gasteiger partial charge in [-0.05, 0) is 31.4 Å². The molecule has 0 saturated carbocycles. The Bertz CT molecular complexity index is 511. The topological polar surface area (TPSA) is 52.6 Å². The van der Waals surface area contributed by atoms with Gasteiger partial charge < -0.3 is 4.18 Å². The normalized spacial score (nSPS) is 11.5. The molecule has 0 amide bonds. The van der Waals surface area contributed by atoms with Gasteiger partial charge in [0.1, 0.15) is 5.75 Å². The Morgan fingerprint density at radius 2 is 1.55 bits per heavy atom. The van der Waals surface area contributed by atoms with Crippen molar-refractivity contribution in [3.05, 3.63) is 29.8 Å². The first-order valence-electron chi connectivity index (χ1n) is 8.25.